The summed E-state index contributed by atoms with van der Waals surface area (Å²) in [5.74, 6) is 1.47. The van der Waals surface area contributed by atoms with Gasteiger partial charge in [0.25, 0.3) is 5.69 Å². The maximum Gasteiger partial charge on any atom is 0.270 e. The normalized spacial score (nSPS) is 11.2. The van der Waals surface area contributed by atoms with Crippen LogP contribution in [0.25, 0.3) is 22.6 Å². The molecule has 12 nitrogen and oxygen atoms in total. The average Bonchev–Trinajstić information content (AvgIpc) is 3.50. The van der Waals surface area contributed by atoms with Crippen LogP contribution in [-0.2, 0) is 0 Å². The molecule has 0 aliphatic heterocycles. The number of aromatic nitrogens is 4. The Morgan fingerprint density at radius 2 is 1.76 bits per heavy atom. The first-order chi connectivity index (χ1) is 16.5. The number of halogens is 1. The lowest BCUT2D eigenvalue weighted by Gasteiger charge is -2.09. The van der Waals surface area contributed by atoms with Crippen molar-refractivity contribution in [1.29, 1.82) is 0 Å². The summed E-state index contributed by atoms with van der Waals surface area (Å²) in [6, 6.07) is 16.6. The van der Waals surface area contributed by atoms with Gasteiger partial charge in [0.15, 0.2) is 11.6 Å². The largest absolute Gasteiger partial charge is 0.455 e. The van der Waals surface area contributed by atoms with Crippen molar-refractivity contribution in [1.82, 2.24) is 20.3 Å². The second-order valence-corrected chi connectivity index (χ2v) is 7.28. The zero-order valence-corrected chi connectivity index (χ0v) is 17.8. The van der Waals surface area contributed by atoms with Gasteiger partial charge in [-0.3, -0.25) is 15.5 Å². The highest BCUT2D eigenvalue weighted by molar-refractivity contribution is 6.30. The van der Waals surface area contributed by atoms with E-state index in [1.54, 1.807) is 48.5 Å². The van der Waals surface area contributed by atoms with Crippen molar-refractivity contribution in [2.75, 3.05) is 10.7 Å². The van der Waals surface area contributed by atoms with Crippen molar-refractivity contribution >= 4 is 52.1 Å². The van der Waals surface area contributed by atoms with Crippen LogP contribution in [0.4, 0.5) is 23.0 Å². The van der Waals surface area contributed by atoms with Gasteiger partial charge in [0.05, 0.1) is 11.1 Å². The molecule has 34 heavy (non-hydrogen) atoms. The molecule has 168 valence electrons. The molecule has 0 atom stereocenters. The number of hydrogen-bond donors (Lipinski definition) is 2. The Hall–Kier alpha value is -4.84. The van der Waals surface area contributed by atoms with E-state index in [0.29, 0.717) is 33.6 Å². The number of rotatable bonds is 7. The molecule has 0 spiro atoms. The number of benzene rings is 2. The Kier molecular flexibility index (Phi) is 5.54. The quantitative estimate of drug-likeness (QED) is 0.185. The number of furan rings is 1. The Morgan fingerprint density at radius 3 is 2.53 bits per heavy atom. The number of nitro groups is 1. The predicted octanol–water partition coefficient (Wildman–Crippen LogP) is 5.02. The number of nitrogens with zero attached hydrogens (tertiary/aromatic N) is 6. The summed E-state index contributed by atoms with van der Waals surface area (Å²) in [5, 5.41) is 26.3. The zero-order valence-electron chi connectivity index (χ0n) is 17.0. The molecule has 0 aliphatic rings. The summed E-state index contributed by atoms with van der Waals surface area (Å²) in [5.41, 5.74) is 4.48. The van der Waals surface area contributed by atoms with Gasteiger partial charge in [-0.1, -0.05) is 23.7 Å². The molecule has 13 heteroatoms. The zero-order chi connectivity index (χ0) is 23.5. The lowest BCUT2D eigenvalue weighted by Crippen LogP contribution is -2.03. The molecule has 5 rings (SSSR count). The van der Waals surface area contributed by atoms with E-state index in [-0.39, 0.29) is 22.8 Å². The Balaban J connectivity index is 1.36. The molecule has 0 fully saturated rings. The van der Waals surface area contributed by atoms with E-state index >= 15 is 0 Å². The van der Waals surface area contributed by atoms with Gasteiger partial charge >= 0.3 is 0 Å². The molecule has 0 saturated heterocycles. The summed E-state index contributed by atoms with van der Waals surface area (Å²) in [7, 11) is 0. The van der Waals surface area contributed by atoms with Gasteiger partial charge in [0, 0.05) is 28.4 Å². The molecule has 3 aromatic heterocycles. The van der Waals surface area contributed by atoms with Gasteiger partial charge < -0.3 is 9.73 Å². The minimum Gasteiger partial charge on any atom is -0.455 e. The molecular formula is C21H13ClN8O4. The monoisotopic (exact) mass is 476 g/mol. The summed E-state index contributed by atoms with van der Waals surface area (Å²) in [6.07, 6.45) is 1.43. The molecule has 0 aliphatic carbocycles. The molecule has 2 N–H and O–H groups in total. The van der Waals surface area contributed by atoms with Crippen LogP contribution in [0.3, 0.4) is 0 Å². The van der Waals surface area contributed by atoms with Crippen LogP contribution in [0.15, 0.2) is 74.8 Å². The van der Waals surface area contributed by atoms with Crippen LogP contribution in [0.1, 0.15) is 5.76 Å². The first-order valence-corrected chi connectivity index (χ1v) is 10.1. The van der Waals surface area contributed by atoms with E-state index in [2.05, 4.69) is 40.8 Å². The second kappa shape index (κ2) is 8.96. The SMILES string of the molecule is O=[N+]([O-])c1cccc(-c2ccc(/C=N\Nc3nc4nonc4nc3Nc3ccc(Cl)cc3)o2)c1. The van der Waals surface area contributed by atoms with E-state index in [1.165, 1.54) is 18.3 Å². The number of hydrogen-bond acceptors (Lipinski definition) is 11. The Morgan fingerprint density at radius 1 is 1.00 bits per heavy atom. The topological polar surface area (TPSA) is 157 Å². The smallest absolute Gasteiger partial charge is 0.270 e. The van der Waals surface area contributed by atoms with Crippen molar-refractivity contribution < 1.29 is 14.0 Å². The van der Waals surface area contributed by atoms with Crippen molar-refractivity contribution in [3.63, 3.8) is 0 Å². The lowest BCUT2D eigenvalue weighted by molar-refractivity contribution is -0.384. The fourth-order valence-electron chi connectivity index (χ4n) is 2.98. The summed E-state index contributed by atoms with van der Waals surface area (Å²) >= 11 is 5.94. The van der Waals surface area contributed by atoms with E-state index in [9.17, 15) is 10.1 Å². The van der Waals surface area contributed by atoms with E-state index in [0.717, 1.165) is 0 Å². The van der Waals surface area contributed by atoms with Crippen molar-refractivity contribution in [2.45, 2.75) is 0 Å². The first-order valence-electron chi connectivity index (χ1n) is 9.72. The van der Waals surface area contributed by atoms with Gasteiger partial charge in [-0.05, 0) is 46.7 Å². The minimum absolute atomic E-state index is 0.0252. The molecule has 0 unspecified atom stereocenters. The van der Waals surface area contributed by atoms with Crippen LogP contribution in [-0.4, -0.2) is 31.4 Å². The summed E-state index contributed by atoms with van der Waals surface area (Å²) in [6.45, 7) is 0. The fourth-order valence-corrected chi connectivity index (χ4v) is 3.11. The van der Waals surface area contributed by atoms with Crippen LogP contribution < -0.4 is 10.7 Å². The highest BCUT2D eigenvalue weighted by Crippen LogP contribution is 2.26. The molecule has 0 bridgehead atoms. The van der Waals surface area contributed by atoms with Gasteiger partial charge in [-0.2, -0.15) is 10.1 Å². The number of anilines is 3. The first kappa shape index (κ1) is 21.0. The Labute approximate surface area is 195 Å². The van der Waals surface area contributed by atoms with Gasteiger partial charge in [-0.15, -0.1) is 0 Å². The van der Waals surface area contributed by atoms with Crippen LogP contribution in [0.2, 0.25) is 5.02 Å². The predicted molar refractivity (Wildman–Crippen MR) is 124 cm³/mol. The Bertz CT molecular complexity index is 1510. The van der Waals surface area contributed by atoms with E-state index < -0.39 is 4.92 Å². The number of fused-ring (bicyclic) bond motifs is 1. The highest BCUT2D eigenvalue weighted by Gasteiger charge is 2.13. The number of hydrazone groups is 1. The second-order valence-electron chi connectivity index (χ2n) is 6.84. The highest BCUT2D eigenvalue weighted by atomic mass is 35.5. The van der Waals surface area contributed by atoms with Crippen LogP contribution >= 0.6 is 11.6 Å². The molecule has 2 aromatic carbocycles. The van der Waals surface area contributed by atoms with Crippen molar-refractivity contribution in [3.05, 3.63) is 81.6 Å². The average molecular weight is 477 g/mol. The summed E-state index contributed by atoms with van der Waals surface area (Å²) < 4.78 is 10.4. The lowest BCUT2D eigenvalue weighted by atomic mass is 10.1. The van der Waals surface area contributed by atoms with E-state index in [4.69, 9.17) is 16.0 Å². The number of nitrogens with one attached hydrogen (secondary N) is 2. The molecule has 0 radical (unpaired) electrons. The van der Waals surface area contributed by atoms with Crippen molar-refractivity contribution in [3.8, 4) is 11.3 Å². The van der Waals surface area contributed by atoms with Gasteiger partial charge in [-0.25, -0.2) is 9.61 Å². The molecule has 3 heterocycles. The van der Waals surface area contributed by atoms with Gasteiger partial charge in [0.2, 0.25) is 11.3 Å². The third kappa shape index (κ3) is 4.52. The molecule has 0 saturated carbocycles. The maximum atomic E-state index is 11.0. The molecule has 0 amide bonds. The van der Waals surface area contributed by atoms with E-state index in [1.807, 2.05) is 0 Å². The van der Waals surface area contributed by atoms with Crippen molar-refractivity contribution in [2.24, 2.45) is 5.10 Å². The third-order valence-electron chi connectivity index (χ3n) is 4.55. The minimum atomic E-state index is -0.462. The molecule has 5 aromatic rings. The maximum absolute atomic E-state index is 11.0. The fraction of sp³-hybridized carbons (Fsp3) is 0. The number of nitro benzene ring substituents is 1. The standard InChI is InChI=1S/C21H13ClN8O4/c22-13-4-6-14(7-5-13)24-18-19(26-21-20(25-18)28-34-29-21)27-23-11-16-8-9-17(33-16)12-2-1-3-15(10-12)30(31)32/h1-11H,(H,24,25,28)(H,26,27,29)/b23-11-. The number of non-ortho nitro benzene ring substituents is 1. The third-order valence-corrected chi connectivity index (χ3v) is 4.80. The summed E-state index contributed by atoms with van der Waals surface area (Å²) in [4.78, 5) is 19.2. The molecular weight excluding hydrogens is 464 g/mol. The van der Waals surface area contributed by atoms with Crippen LogP contribution in [0, 0.1) is 10.1 Å². The van der Waals surface area contributed by atoms with Crippen LogP contribution in [0.5, 0.6) is 0 Å². The van der Waals surface area contributed by atoms with Gasteiger partial charge in [0.1, 0.15) is 11.5 Å².